The van der Waals surface area contributed by atoms with Gasteiger partial charge in [-0.3, -0.25) is 0 Å². The number of aliphatic carboxylic acids is 1. The zero-order valence-corrected chi connectivity index (χ0v) is 8.11. The van der Waals surface area contributed by atoms with Crippen molar-refractivity contribution >= 4 is 30.8 Å². The molecule has 0 amide bonds. The Hall–Kier alpha value is -0.250. The summed E-state index contributed by atoms with van der Waals surface area (Å²) in [6, 6.07) is 0. The predicted molar refractivity (Wildman–Crippen MR) is 49.8 cm³/mol. The highest BCUT2D eigenvalue weighted by Crippen LogP contribution is 1.76. The second kappa shape index (κ2) is 9.75. The first kappa shape index (κ1) is 17.0. The number of likely N-dealkylation sites (N-methyl/N-ethyl adjacent to an activating group) is 1. The van der Waals surface area contributed by atoms with Gasteiger partial charge in [0.05, 0.1) is 0 Å². The van der Waals surface area contributed by atoms with Crippen LogP contribution in [0.3, 0.4) is 0 Å². The fourth-order valence-electron chi connectivity index (χ4n) is 0.364. The third-order valence-corrected chi connectivity index (χ3v) is 0.731. The summed E-state index contributed by atoms with van der Waals surface area (Å²) in [7, 11) is 3.76. The second-order valence-electron chi connectivity index (χ2n) is 2.00. The van der Waals surface area contributed by atoms with Gasteiger partial charge < -0.3 is 10.0 Å². The highest BCUT2D eigenvalue weighted by atomic mass is 35.5. The first-order chi connectivity index (χ1) is 4.13. The van der Waals surface area contributed by atoms with E-state index in [4.69, 9.17) is 5.11 Å². The molecule has 0 saturated carbocycles. The third-order valence-electron chi connectivity index (χ3n) is 0.731. The molecule has 0 aliphatic rings. The van der Waals surface area contributed by atoms with Crippen LogP contribution in [0.1, 0.15) is 0 Å². The molecule has 0 fully saturated rings. The normalized spacial score (nSPS) is 9.00. The van der Waals surface area contributed by atoms with Gasteiger partial charge in [-0.1, -0.05) is 6.08 Å². The first-order valence-corrected chi connectivity index (χ1v) is 2.67. The molecule has 0 heterocycles. The van der Waals surface area contributed by atoms with Gasteiger partial charge in [0.2, 0.25) is 0 Å². The van der Waals surface area contributed by atoms with E-state index < -0.39 is 5.97 Å². The Kier molecular flexibility index (Phi) is 15.1. The third kappa shape index (κ3) is 17.7. The molecule has 0 aromatic carbocycles. The maximum Gasteiger partial charge on any atom is 0.328 e. The summed E-state index contributed by atoms with van der Waals surface area (Å²) in [6.45, 7) is 0.673. The summed E-state index contributed by atoms with van der Waals surface area (Å²) >= 11 is 0. The van der Waals surface area contributed by atoms with E-state index in [2.05, 4.69) is 0 Å². The van der Waals surface area contributed by atoms with Crippen LogP contribution in [0.5, 0.6) is 0 Å². The van der Waals surface area contributed by atoms with Crippen LogP contribution in [0.2, 0.25) is 0 Å². The maximum absolute atomic E-state index is 9.88. The zero-order valence-electron chi connectivity index (χ0n) is 6.48. The molecule has 0 aliphatic heterocycles. The molecule has 0 spiro atoms. The van der Waals surface area contributed by atoms with Crippen molar-refractivity contribution in [1.82, 2.24) is 4.90 Å². The van der Waals surface area contributed by atoms with E-state index in [1.54, 1.807) is 6.08 Å². The molecule has 0 aliphatic carbocycles. The monoisotopic (exact) mass is 201 g/mol. The molecule has 0 bridgehead atoms. The molecular formula is C6H13Cl2NO2. The Morgan fingerprint density at radius 3 is 2.18 bits per heavy atom. The lowest BCUT2D eigenvalue weighted by Gasteiger charge is -2.02. The molecule has 0 rings (SSSR count). The van der Waals surface area contributed by atoms with E-state index in [9.17, 15) is 4.79 Å². The van der Waals surface area contributed by atoms with E-state index in [0.29, 0.717) is 6.54 Å². The van der Waals surface area contributed by atoms with Crippen LogP contribution in [0.15, 0.2) is 12.2 Å². The van der Waals surface area contributed by atoms with Gasteiger partial charge in [0.25, 0.3) is 0 Å². The molecule has 3 nitrogen and oxygen atoms in total. The lowest BCUT2D eigenvalue weighted by atomic mass is 10.5. The largest absolute Gasteiger partial charge is 0.478 e. The summed E-state index contributed by atoms with van der Waals surface area (Å²) in [5.74, 6) is -0.892. The van der Waals surface area contributed by atoms with E-state index in [1.165, 1.54) is 0 Å². The van der Waals surface area contributed by atoms with Crippen molar-refractivity contribution < 1.29 is 9.90 Å². The second-order valence-corrected chi connectivity index (χ2v) is 2.00. The van der Waals surface area contributed by atoms with Crippen LogP contribution in [-0.4, -0.2) is 36.6 Å². The SMILES string of the molecule is CN(C)C/C=C/C(=O)O.Cl.Cl. The van der Waals surface area contributed by atoms with Gasteiger partial charge in [0, 0.05) is 12.6 Å². The average Bonchev–Trinajstić information content (AvgIpc) is 1.63. The van der Waals surface area contributed by atoms with Crippen molar-refractivity contribution in [2.24, 2.45) is 0 Å². The standard InChI is InChI=1S/C6H11NO2.2ClH/c1-7(2)5-3-4-6(8)9;;/h3-4H,5H2,1-2H3,(H,8,9);2*1H/b4-3+;;. The van der Waals surface area contributed by atoms with Crippen LogP contribution < -0.4 is 0 Å². The van der Waals surface area contributed by atoms with Crippen LogP contribution in [0, 0.1) is 0 Å². The Morgan fingerprint density at radius 2 is 1.91 bits per heavy atom. The van der Waals surface area contributed by atoms with E-state index in [0.717, 1.165) is 6.08 Å². The van der Waals surface area contributed by atoms with Crippen LogP contribution in [0.25, 0.3) is 0 Å². The van der Waals surface area contributed by atoms with E-state index in [-0.39, 0.29) is 24.8 Å². The minimum atomic E-state index is -0.892. The molecule has 0 saturated heterocycles. The lowest BCUT2D eigenvalue weighted by molar-refractivity contribution is -0.131. The van der Waals surface area contributed by atoms with Crippen LogP contribution in [-0.2, 0) is 4.79 Å². The summed E-state index contributed by atoms with van der Waals surface area (Å²) in [6.07, 6.45) is 2.74. The highest BCUT2D eigenvalue weighted by Gasteiger charge is 1.85. The number of nitrogens with zero attached hydrogens (tertiary/aromatic N) is 1. The number of carboxylic acid groups (broad SMARTS) is 1. The number of carboxylic acids is 1. The fraction of sp³-hybridized carbons (Fsp3) is 0.500. The Balaban J connectivity index is -0.000000320. The Morgan fingerprint density at radius 1 is 1.45 bits per heavy atom. The predicted octanol–water partition coefficient (Wildman–Crippen LogP) is 1.03. The number of halogens is 2. The molecule has 0 radical (unpaired) electrons. The summed E-state index contributed by atoms with van der Waals surface area (Å²) in [5.41, 5.74) is 0. The van der Waals surface area contributed by atoms with Crippen molar-refractivity contribution in [1.29, 1.82) is 0 Å². The van der Waals surface area contributed by atoms with Crippen molar-refractivity contribution in [2.75, 3.05) is 20.6 Å². The number of carbonyl (C=O) groups is 1. The van der Waals surface area contributed by atoms with Crippen LogP contribution in [0.4, 0.5) is 0 Å². The van der Waals surface area contributed by atoms with Crippen molar-refractivity contribution in [2.45, 2.75) is 0 Å². The molecule has 0 unspecified atom stereocenters. The average molecular weight is 202 g/mol. The Labute approximate surface area is 78.9 Å². The smallest absolute Gasteiger partial charge is 0.328 e. The van der Waals surface area contributed by atoms with Gasteiger partial charge >= 0.3 is 5.97 Å². The summed E-state index contributed by atoms with van der Waals surface area (Å²) in [4.78, 5) is 11.8. The van der Waals surface area contributed by atoms with Crippen molar-refractivity contribution in [3.05, 3.63) is 12.2 Å². The first-order valence-electron chi connectivity index (χ1n) is 2.67. The zero-order chi connectivity index (χ0) is 7.28. The van der Waals surface area contributed by atoms with Gasteiger partial charge in [-0.15, -0.1) is 24.8 Å². The van der Waals surface area contributed by atoms with E-state index >= 15 is 0 Å². The van der Waals surface area contributed by atoms with Crippen molar-refractivity contribution in [3.63, 3.8) is 0 Å². The van der Waals surface area contributed by atoms with Crippen molar-refractivity contribution in [3.8, 4) is 0 Å². The molecule has 11 heavy (non-hydrogen) atoms. The molecule has 0 aromatic heterocycles. The summed E-state index contributed by atoms with van der Waals surface area (Å²) in [5, 5.41) is 8.12. The van der Waals surface area contributed by atoms with Gasteiger partial charge in [-0.05, 0) is 14.1 Å². The van der Waals surface area contributed by atoms with Crippen LogP contribution >= 0.6 is 24.8 Å². The minimum absolute atomic E-state index is 0. The van der Waals surface area contributed by atoms with Gasteiger partial charge in [-0.25, -0.2) is 4.79 Å². The number of hydrogen-bond donors (Lipinski definition) is 1. The Bertz CT molecular complexity index is 126. The fourth-order valence-corrected chi connectivity index (χ4v) is 0.364. The van der Waals surface area contributed by atoms with Gasteiger partial charge in [-0.2, -0.15) is 0 Å². The molecule has 68 valence electrons. The minimum Gasteiger partial charge on any atom is -0.478 e. The van der Waals surface area contributed by atoms with E-state index in [1.807, 2.05) is 19.0 Å². The molecule has 5 heteroatoms. The number of hydrogen-bond acceptors (Lipinski definition) is 2. The van der Waals surface area contributed by atoms with Gasteiger partial charge in [0.1, 0.15) is 0 Å². The van der Waals surface area contributed by atoms with Gasteiger partial charge in [0.15, 0.2) is 0 Å². The molecular weight excluding hydrogens is 189 g/mol. The lowest BCUT2D eigenvalue weighted by Crippen LogP contribution is -2.10. The molecule has 0 aromatic rings. The molecule has 1 N–H and O–H groups in total. The topological polar surface area (TPSA) is 40.5 Å². The molecule has 0 atom stereocenters. The highest BCUT2D eigenvalue weighted by molar-refractivity contribution is 5.85. The number of rotatable bonds is 3. The summed E-state index contributed by atoms with van der Waals surface area (Å²) < 4.78 is 0. The quantitative estimate of drug-likeness (QED) is 0.695. The maximum atomic E-state index is 9.88.